The average Bonchev–Trinajstić information content (AvgIpc) is 2.77. The summed E-state index contributed by atoms with van der Waals surface area (Å²) < 4.78 is 20.9. The molecule has 118 valence electrons. The molecule has 0 aliphatic rings. The summed E-state index contributed by atoms with van der Waals surface area (Å²) in [5.41, 5.74) is 0.185. The second kappa shape index (κ2) is 6.89. The Hall–Kier alpha value is -1.25. The molecule has 8 heteroatoms. The second-order valence-corrected chi connectivity index (χ2v) is 8.24. The normalized spacial score (nSPS) is 11.5. The van der Waals surface area contributed by atoms with Gasteiger partial charge in [-0.05, 0) is 57.3 Å². The molecule has 4 nitrogen and oxygen atoms in total. The van der Waals surface area contributed by atoms with Gasteiger partial charge in [0.15, 0.2) is 8.29 Å². The van der Waals surface area contributed by atoms with Crippen LogP contribution in [0.3, 0.4) is 0 Å². The minimum atomic E-state index is -0.502. The molecule has 0 fully saturated rings. The lowest BCUT2D eigenvalue weighted by molar-refractivity contribution is -0.151. The van der Waals surface area contributed by atoms with Crippen molar-refractivity contribution in [2.24, 2.45) is 0 Å². The molecular weight excluding hydrogens is 343 g/mol. The molecule has 0 unspecified atom stereocenters. The predicted octanol–water partition coefficient (Wildman–Crippen LogP) is 4.24. The van der Waals surface area contributed by atoms with Crippen LogP contribution in [0.1, 0.15) is 20.8 Å². The van der Waals surface area contributed by atoms with Crippen LogP contribution in [0.15, 0.2) is 28.6 Å². The average molecular weight is 358 g/mol. The maximum Gasteiger partial charge on any atom is 0.316 e. The lowest BCUT2D eigenvalue weighted by atomic mass is 10.2. The first kappa shape index (κ1) is 17.1. The van der Waals surface area contributed by atoms with Gasteiger partial charge in [0.25, 0.3) is 0 Å². The summed E-state index contributed by atoms with van der Waals surface area (Å²) in [6.07, 6.45) is 0. The van der Waals surface area contributed by atoms with Crippen molar-refractivity contribution in [3.05, 3.63) is 34.0 Å². The van der Waals surface area contributed by atoms with Gasteiger partial charge in [-0.25, -0.2) is 9.07 Å². The summed E-state index contributed by atoms with van der Waals surface area (Å²) in [6, 6.07) is 5.91. The molecule has 1 heterocycles. The van der Waals surface area contributed by atoms with Crippen molar-refractivity contribution in [1.82, 2.24) is 9.78 Å². The third-order valence-corrected chi connectivity index (χ3v) is 4.67. The van der Waals surface area contributed by atoms with E-state index in [1.54, 1.807) is 16.8 Å². The van der Waals surface area contributed by atoms with Crippen molar-refractivity contribution >= 4 is 41.3 Å². The standard InChI is InChI=1S/C14H15FN2O2S3/c1-14(2,3)19-11(18)8-21-12-16-17(13(20)22-12)10-6-4-9(15)5-7-10/h4-7H,8H2,1-3H3. The summed E-state index contributed by atoms with van der Waals surface area (Å²) in [5, 5.41) is 4.34. The van der Waals surface area contributed by atoms with E-state index in [9.17, 15) is 9.18 Å². The fraction of sp³-hybridized carbons (Fsp3) is 0.357. The molecular formula is C14H15FN2O2S3. The molecule has 0 radical (unpaired) electrons. The molecule has 0 spiro atoms. The molecule has 0 aliphatic heterocycles. The van der Waals surface area contributed by atoms with E-state index in [-0.39, 0.29) is 17.5 Å². The van der Waals surface area contributed by atoms with Crippen LogP contribution in [0.2, 0.25) is 0 Å². The Labute approximate surface area is 141 Å². The number of esters is 1. The number of hydrogen-bond donors (Lipinski definition) is 0. The van der Waals surface area contributed by atoms with Crippen molar-refractivity contribution in [3.8, 4) is 5.69 Å². The van der Waals surface area contributed by atoms with Gasteiger partial charge >= 0.3 is 5.97 Å². The monoisotopic (exact) mass is 358 g/mol. The summed E-state index contributed by atoms with van der Waals surface area (Å²) in [5.74, 6) is -0.444. The van der Waals surface area contributed by atoms with Gasteiger partial charge in [-0.2, -0.15) is 0 Å². The molecule has 0 saturated heterocycles. The Morgan fingerprint density at radius 3 is 2.64 bits per heavy atom. The Morgan fingerprint density at radius 1 is 1.41 bits per heavy atom. The van der Waals surface area contributed by atoms with Crippen LogP contribution < -0.4 is 0 Å². The number of carbonyl (C=O) groups is 1. The maximum atomic E-state index is 12.9. The van der Waals surface area contributed by atoms with E-state index in [0.717, 1.165) is 0 Å². The van der Waals surface area contributed by atoms with Crippen LogP contribution in [0.25, 0.3) is 5.69 Å². The van der Waals surface area contributed by atoms with E-state index in [1.165, 1.54) is 35.2 Å². The number of benzene rings is 1. The zero-order valence-electron chi connectivity index (χ0n) is 12.3. The number of rotatable bonds is 4. The number of aromatic nitrogens is 2. The molecule has 2 rings (SSSR count). The van der Waals surface area contributed by atoms with Crippen molar-refractivity contribution in [3.63, 3.8) is 0 Å². The van der Waals surface area contributed by atoms with E-state index < -0.39 is 5.60 Å². The molecule has 0 saturated carbocycles. The first-order valence-electron chi connectivity index (χ1n) is 6.45. The third-order valence-electron chi connectivity index (χ3n) is 2.33. The molecule has 0 bridgehead atoms. The SMILES string of the molecule is CC(C)(C)OC(=O)CSc1nn(-c2ccc(F)cc2)c(=S)s1. The number of nitrogens with zero attached hydrogens (tertiary/aromatic N) is 2. The number of thioether (sulfide) groups is 1. The fourth-order valence-corrected chi connectivity index (χ4v) is 3.69. The second-order valence-electron chi connectivity index (χ2n) is 5.40. The van der Waals surface area contributed by atoms with Crippen molar-refractivity contribution in [2.75, 3.05) is 5.75 Å². The van der Waals surface area contributed by atoms with Crippen molar-refractivity contribution in [2.45, 2.75) is 30.7 Å². The zero-order valence-corrected chi connectivity index (χ0v) is 14.8. The summed E-state index contributed by atoms with van der Waals surface area (Å²) in [4.78, 5) is 11.7. The lowest BCUT2D eigenvalue weighted by Crippen LogP contribution is -2.24. The largest absolute Gasteiger partial charge is 0.459 e. The van der Waals surface area contributed by atoms with E-state index in [0.29, 0.717) is 14.0 Å². The van der Waals surface area contributed by atoms with Crippen LogP contribution in [0.4, 0.5) is 4.39 Å². The van der Waals surface area contributed by atoms with Crippen LogP contribution in [-0.2, 0) is 9.53 Å². The number of carbonyl (C=O) groups excluding carboxylic acids is 1. The quantitative estimate of drug-likeness (QED) is 0.465. The van der Waals surface area contributed by atoms with Gasteiger partial charge in [-0.1, -0.05) is 23.1 Å². The maximum absolute atomic E-state index is 12.9. The van der Waals surface area contributed by atoms with E-state index in [2.05, 4.69) is 5.10 Å². The molecule has 22 heavy (non-hydrogen) atoms. The topological polar surface area (TPSA) is 44.1 Å². The minimum absolute atomic E-state index is 0.170. The van der Waals surface area contributed by atoms with Crippen LogP contribution in [0, 0.1) is 9.77 Å². The summed E-state index contributed by atoms with van der Waals surface area (Å²) >= 11 is 7.83. The highest BCUT2D eigenvalue weighted by molar-refractivity contribution is 8.01. The fourth-order valence-electron chi connectivity index (χ4n) is 1.56. The van der Waals surface area contributed by atoms with Gasteiger partial charge in [-0.3, -0.25) is 4.79 Å². The number of hydrogen-bond acceptors (Lipinski definition) is 6. The van der Waals surface area contributed by atoms with Crippen LogP contribution in [0.5, 0.6) is 0 Å². The summed E-state index contributed by atoms with van der Waals surface area (Å²) in [7, 11) is 0. The highest BCUT2D eigenvalue weighted by Crippen LogP contribution is 2.24. The Balaban J connectivity index is 2.06. The molecule has 1 aromatic heterocycles. The first-order chi connectivity index (χ1) is 10.2. The predicted molar refractivity (Wildman–Crippen MR) is 88.8 cm³/mol. The molecule has 0 N–H and O–H groups in total. The Morgan fingerprint density at radius 2 is 2.05 bits per heavy atom. The smallest absolute Gasteiger partial charge is 0.316 e. The van der Waals surface area contributed by atoms with Crippen LogP contribution in [-0.4, -0.2) is 27.1 Å². The summed E-state index contributed by atoms with van der Waals surface area (Å²) in [6.45, 7) is 5.47. The lowest BCUT2D eigenvalue weighted by Gasteiger charge is -2.18. The van der Waals surface area contributed by atoms with Crippen molar-refractivity contribution in [1.29, 1.82) is 0 Å². The minimum Gasteiger partial charge on any atom is -0.459 e. The number of halogens is 1. The number of ether oxygens (including phenoxy) is 1. The van der Waals surface area contributed by atoms with E-state index >= 15 is 0 Å². The molecule has 0 atom stereocenters. The van der Waals surface area contributed by atoms with Crippen molar-refractivity contribution < 1.29 is 13.9 Å². The van der Waals surface area contributed by atoms with Gasteiger partial charge in [0.1, 0.15) is 11.4 Å². The molecule has 0 aliphatic carbocycles. The molecule has 2 aromatic rings. The first-order valence-corrected chi connectivity index (χ1v) is 8.66. The van der Waals surface area contributed by atoms with E-state index in [1.807, 2.05) is 20.8 Å². The van der Waals surface area contributed by atoms with Gasteiger partial charge in [0.05, 0.1) is 11.4 Å². The Kier molecular flexibility index (Phi) is 5.36. The molecule has 1 aromatic carbocycles. The molecule has 0 amide bonds. The van der Waals surface area contributed by atoms with Gasteiger partial charge in [-0.15, -0.1) is 5.10 Å². The highest BCUT2D eigenvalue weighted by Gasteiger charge is 2.17. The van der Waals surface area contributed by atoms with Gasteiger partial charge in [0, 0.05) is 0 Å². The third kappa shape index (κ3) is 4.89. The van der Waals surface area contributed by atoms with Gasteiger partial charge in [0.2, 0.25) is 0 Å². The van der Waals surface area contributed by atoms with E-state index in [4.69, 9.17) is 17.0 Å². The highest BCUT2D eigenvalue weighted by atomic mass is 32.2. The zero-order chi connectivity index (χ0) is 16.3. The van der Waals surface area contributed by atoms with Crippen LogP contribution >= 0.6 is 35.3 Å². The van der Waals surface area contributed by atoms with Gasteiger partial charge < -0.3 is 4.74 Å². The Bertz CT molecular complexity index is 717.